The summed E-state index contributed by atoms with van der Waals surface area (Å²) in [6.45, 7) is 10.9. The average molecular weight is 1050 g/mol. The van der Waals surface area contributed by atoms with E-state index in [2.05, 4.69) is 20.8 Å². The molecular formula is C51H84O22. The van der Waals surface area contributed by atoms with E-state index in [-0.39, 0.29) is 41.3 Å². The van der Waals surface area contributed by atoms with Crippen molar-refractivity contribution in [2.45, 2.75) is 240 Å². The number of ether oxygens (including phenoxy) is 9. The number of aliphatic hydroxyl groups is 13. The Bertz CT molecular complexity index is 1900. The van der Waals surface area contributed by atoms with Crippen LogP contribution in [0.1, 0.15) is 99.3 Å². The van der Waals surface area contributed by atoms with E-state index >= 15 is 0 Å². The van der Waals surface area contributed by atoms with Crippen molar-refractivity contribution < 1.29 is 109 Å². The van der Waals surface area contributed by atoms with Gasteiger partial charge in [-0.1, -0.05) is 20.8 Å². The summed E-state index contributed by atoms with van der Waals surface area (Å²) < 4.78 is 54.6. The lowest BCUT2D eigenvalue weighted by molar-refractivity contribution is -0.391. The van der Waals surface area contributed by atoms with Gasteiger partial charge in [0.05, 0.1) is 50.0 Å². The van der Waals surface area contributed by atoms with E-state index in [0.717, 1.165) is 50.7 Å². The van der Waals surface area contributed by atoms with Crippen LogP contribution in [0.25, 0.3) is 0 Å². The zero-order chi connectivity index (χ0) is 52.7. The Morgan fingerprint density at radius 3 is 1.82 bits per heavy atom. The summed E-state index contributed by atoms with van der Waals surface area (Å²) in [5.74, 6) is 2.68. The minimum absolute atomic E-state index is 0.0265. The minimum atomic E-state index is -1.78. The highest BCUT2D eigenvalue weighted by molar-refractivity contribution is 5.27. The molecule has 0 bridgehead atoms. The fourth-order valence-corrected chi connectivity index (χ4v) is 15.1. The predicted molar refractivity (Wildman–Crippen MR) is 249 cm³/mol. The lowest BCUT2D eigenvalue weighted by Crippen LogP contribution is -2.67. The highest BCUT2D eigenvalue weighted by atomic mass is 16.8. The SMILES string of the molecule is CC1=C(CC[C@H](C)CO[C@@H]2O[C@H](CO)[C@@H](O)[C@H](O)[C@H]2O)O[C@H]2C[C@H]3[C@@H]4CC[C@H]5C[C@@H](O[C@@H]6O[C@H](CO)[C@@H](O[C@@H]7O[C@@H](C)[C@H](O)[C@@H](O)[C@H]7O)[C@H](O)[C@H]6O[C@@H]6O[C@@H](C)[C@H](O)[C@@H](O)[C@H]6O)[C@H](O)C[C@]5(C)[C@H]4CC[C@]3(C)[C@@H]12. The molecule has 420 valence electrons. The maximum atomic E-state index is 12.1. The molecule has 5 heterocycles. The first kappa shape index (κ1) is 56.4. The van der Waals surface area contributed by atoms with Crippen molar-refractivity contribution in [3.63, 3.8) is 0 Å². The van der Waals surface area contributed by atoms with Crippen molar-refractivity contribution in [3.05, 3.63) is 11.3 Å². The van der Waals surface area contributed by atoms with Crippen LogP contribution in [0.4, 0.5) is 0 Å². The van der Waals surface area contributed by atoms with Gasteiger partial charge in [0.2, 0.25) is 0 Å². The molecule has 9 rings (SSSR count). The van der Waals surface area contributed by atoms with Gasteiger partial charge in [0.15, 0.2) is 25.2 Å². The highest BCUT2D eigenvalue weighted by Crippen LogP contribution is 2.70. The predicted octanol–water partition coefficient (Wildman–Crippen LogP) is -1.98. The molecule has 8 fully saturated rings. The average Bonchev–Trinajstić information content (AvgIpc) is 3.85. The topological polar surface area (TPSA) is 346 Å². The van der Waals surface area contributed by atoms with Gasteiger partial charge in [-0.2, -0.15) is 0 Å². The van der Waals surface area contributed by atoms with Crippen LogP contribution in [-0.2, 0) is 42.6 Å². The van der Waals surface area contributed by atoms with Gasteiger partial charge in [0.1, 0.15) is 91.6 Å². The lowest BCUT2D eigenvalue weighted by Gasteiger charge is -2.61. The highest BCUT2D eigenvalue weighted by Gasteiger charge is 2.66. The van der Waals surface area contributed by atoms with Crippen molar-refractivity contribution in [1.82, 2.24) is 0 Å². The van der Waals surface area contributed by atoms with E-state index in [1.54, 1.807) is 0 Å². The monoisotopic (exact) mass is 1050 g/mol. The van der Waals surface area contributed by atoms with Crippen LogP contribution in [0.2, 0.25) is 0 Å². The molecular weight excluding hydrogens is 965 g/mol. The Hall–Kier alpha value is -1.30. The Balaban J connectivity index is 0.848. The number of rotatable bonds is 14. The van der Waals surface area contributed by atoms with Crippen LogP contribution in [0.3, 0.4) is 0 Å². The van der Waals surface area contributed by atoms with Crippen LogP contribution in [0, 0.1) is 46.3 Å². The number of allylic oxidation sites excluding steroid dienone is 1. The maximum Gasteiger partial charge on any atom is 0.187 e. The van der Waals surface area contributed by atoms with Gasteiger partial charge in [-0.15, -0.1) is 0 Å². The van der Waals surface area contributed by atoms with E-state index in [9.17, 15) is 66.4 Å². The van der Waals surface area contributed by atoms with Gasteiger partial charge in [-0.25, -0.2) is 0 Å². The number of fused-ring (bicyclic) bond motifs is 7. The van der Waals surface area contributed by atoms with Crippen LogP contribution in [0.15, 0.2) is 11.3 Å². The largest absolute Gasteiger partial charge is 0.494 e. The second-order valence-electron chi connectivity index (χ2n) is 23.8. The lowest BCUT2D eigenvalue weighted by atomic mass is 9.44. The Morgan fingerprint density at radius 1 is 0.603 bits per heavy atom. The van der Waals surface area contributed by atoms with E-state index < -0.39 is 148 Å². The fraction of sp³-hybridized carbons (Fsp3) is 0.961. The third kappa shape index (κ3) is 10.2. The standard InChI is InChI=1S/C51H84O22/c1-19(18-65-46-40(61)39(60)36(57)31(16-52)70-46)7-10-28-20(2)33-30(68-28)14-26-24-9-8-23-13-29(27(54)15-51(23,6)25(24)11-12-50(26,33)5)69-49-45(73-48-42(63)38(59)35(56)22(4)67-48)43(64)44(32(17-53)71-49)72-47-41(62)37(58)34(55)21(3)66-47/h19,21-27,29-49,52-64H,7-18H2,1-6H3/t19-,21-,22-,23-,24+,25-,26-,27+,29+,30-,31+,32+,33-,34-,35-,36+,37+,38+,39-,40+,41+,42+,43-,44+,45+,46+,47-,48-,49+,50-,51-/m0/s1. The van der Waals surface area contributed by atoms with E-state index in [1.165, 1.54) is 19.4 Å². The minimum Gasteiger partial charge on any atom is -0.494 e. The molecule has 0 aromatic carbocycles. The van der Waals surface area contributed by atoms with Gasteiger partial charge in [-0.3, -0.25) is 0 Å². The summed E-state index contributed by atoms with van der Waals surface area (Å²) >= 11 is 0. The molecule has 31 atom stereocenters. The first-order chi connectivity index (χ1) is 34.5. The van der Waals surface area contributed by atoms with Crippen molar-refractivity contribution in [2.24, 2.45) is 46.3 Å². The molecule has 5 aliphatic heterocycles. The third-order valence-corrected chi connectivity index (χ3v) is 19.4. The molecule has 73 heavy (non-hydrogen) atoms. The molecule has 13 N–H and O–H groups in total. The second kappa shape index (κ2) is 22.1. The molecule has 9 aliphatic rings. The Morgan fingerprint density at radius 2 is 1.19 bits per heavy atom. The van der Waals surface area contributed by atoms with Gasteiger partial charge >= 0.3 is 0 Å². The fourth-order valence-electron chi connectivity index (χ4n) is 15.1. The molecule has 4 aliphatic carbocycles. The van der Waals surface area contributed by atoms with Crippen LogP contribution < -0.4 is 0 Å². The number of aliphatic hydroxyl groups excluding tert-OH is 13. The zero-order valence-corrected chi connectivity index (χ0v) is 42.7. The molecule has 0 aromatic heterocycles. The molecule has 22 heteroatoms. The zero-order valence-electron chi connectivity index (χ0n) is 42.7. The maximum absolute atomic E-state index is 12.1. The van der Waals surface area contributed by atoms with Crippen molar-refractivity contribution in [3.8, 4) is 0 Å². The van der Waals surface area contributed by atoms with Crippen LogP contribution >= 0.6 is 0 Å². The summed E-state index contributed by atoms with van der Waals surface area (Å²) in [6, 6.07) is 0. The molecule has 4 saturated carbocycles. The molecule has 4 saturated heterocycles. The summed E-state index contributed by atoms with van der Waals surface area (Å²) in [5, 5.41) is 139. The van der Waals surface area contributed by atoms with Gasteiger partial charge in [-0.05, 0) is 118 Å². The molecule has 0 amide bonds. The molecule has 0 spiro atoms. The van der Waals surface area contributed by atoms with E-state index in [4.69, 9.17) is 42.6 Å². The van der Waals surface area contributed by atoms with Crippen LogP contribution in [0.5, 0.6) is 0 Å². The molecule has 0 aromatic rings. The third-order valence-electron chi connectivity index (χ3n) is 19.4. The summed E-state index contributed by atoms with van der Waals surface area (Å²) in [5.41, 5.74) is 1.09. The quantitative estimate of drug-likeness (QED) is 0.0839. The van der Waals surface area contributed by atoms with Crippen molar-refractivity contribution in [1.29, 1.82) is 0 Å². The van der Waals surface area contributed by atoms with Gasteiger partial charge < -0.3 is 109 Å². The first-order valence-corrected chi connectivity index (χ1v) is 26.8. The first-order valence-electron chi connectivity index (χ1n) is 26.8. The van der Waals surface area contributed by atoms with Crippen LogP contribution in [-0.4, -0.2) is 227 Å². The normalized spacial score (nSPS) is 54.5. The molecule has 0 unspecified atom stereocenters. The summed E-state index contributed by atoms with van der Waals surface area (Å²) in [6.07, 6.45) is -23.9. The molecule has 0 radical (unpaired) electrons. The smallest absolute Gasteiger partial charge is 0.187 e. The van der Waals surface area contributed by atoms with Crippen molar-refractivity contribution in [2.75, 3.05) is 19.8 Å². The van der Waals surface area contributed by atoms with Gasteiger partial charge in [0.25, 0.3) is 0 Å². The Kier molecular flexibility index (Phi) is 17.1. The number of hydrogen-bond acceptors (Lipinski definition) is 22. The Labute approximate surface area is 426 Å². The van der Waals surface area contributed by atoms with E-state index in [0.29, 0.717) is 30.6 Å². The van der Waals surface area contributed by atoms with E-state index in [1.807, 2.05) is 6.92 Å². The number of hydrogen-bond donors (Lipinski definition) is 13. The molecule has 22 nitrogen and oxygen atoms in total. The summed E-state index contributed by atoms with van der Waals surface area (Å²) in [4.78, 5) is 0. The van der Waals surface area contributed by atoms with Crippen molar-refractivity contribution >= 4 is 0 Å². The van der Waals surface area contributed by atoms with Gasteiger partial charge in [0, 0.05) is 12.3 Å². The second-order valence-corrected chi connectivity index (χ2v) is 23.8. The summed E-state index contributed by atoms with van der Waals surface area (Å²) in [7, 11) is 0.